The van der Waals surface area contributed by atoms with E-state index in [-0.39, 0.29) is 0 Å². The van der Waals surface area contributed by atoms with Gasteiger partial charge in [-0.15, -0.1) is 0 Å². The van der Waals surface area contributed by atoms with Crippen LogP contribution in [0.3, 0.4) is 0 Å². The normalized spacial score (nSPS) is 11.2. The molecule has 2 aromatic carbocycles. The highest BCUT2D eigenvalue weighted by Gasteiger charge is 2.09. The van der Waals surface area contributed by atoms with Gasteiger partial charge in [-0.25, -0.2) is 4.98 Å². The first-order valence-electron chi connectivity index (χ1n) is 7.29. The summed E-state index contributed by atoms with van der Waals surface area (Å²) in [5.41, 5.74) is 8.57. The van der Waals surface area contributed by atoms with Gasteiger partial charge >= 0.3 is 0 Å². The predicted molar refractivity (Wildman–Crippen MR) is 88.0 cm³/mol. The second kappa shape index (κ2) is 5.34. The number of rotatable bonds is 3. The molecule has 0 bridgehead atoms. The molecule has 0 amide bonds. The molecule has 0 spiro atoms. The van der Waals surface area contributed by atoms with Crippen molar-refractivity contribution in [2.75, 3.05) is 7.05 Å². The highest BCUT2D eigenvalue weighted by Crippen LogP contribution is 2.24. The number of hydrogen-bond donors (Lipinski definition) is 1. The lowest BCUT2D eigenvalue weighted by Gasteiger charge is -2.11. The van der Waals surface area contributed by atoms with E-state index < -0.39 is 0 Å². The topological polar surface area (TPSA) is 29.9 Å². The number of aromatic nitrogens is 2. The third-order valence-corrected chi connectivity index (χ3v) is 4.06. The Bertz CT molecular complexity index is 800. The number of hydrogen-bond acceptors (Lipinski definition) is 2. The van der Waals surface area contributed by atoms with E-state index in [1.54, 1.807) is 0 Å². The lowest BCUT2D eigenvalue weighted by Crippen LogP contribution is -2.06. The molecule has 1 N–H and O–H groups in total. The Labute approximate surface area is 125 Å². The van der Waals surface area contributed by atoms with Gasteiger partial charge in [0.15, 0.2) is 0 Å². The number of nitrogens with one attached hydrogen (secondary N) is 1. The SMILES string of the molecule is CNCc1ccc(-n2cnc3cc(C)c(C)cc32)c(C)c1. The molecule has 0 aliphatic heterocycles. The van der Waals surface area contributed by atoms with Crippen molar-refractivity contribution in [1.82, 2.24) is 14.9 Å². The Morgan fingerprint density at radius 3 is 2.48 bits per heavy atom. The molecule has 0 fully saturated rings. The summed E-state index contributed by atoms with van der Waals surface area (Å²) in [5, 5.41) is 3.19. The van der Waals surface area contributed by atoms with Gasteiger partial charge in [-0.1, -0.05) is 12.1 Å². The molecular weight excluding hydrogens is 258 g/mol. The van der Waals surface area contributed by atoms with Gasteiger partial charge in [-0.2, -0.15) is 0 Å². The first-order chi connectivity index (χ1) is 10.1. The fraction of sp³-hybridized carbons (Fsp3) is 0.278. The van der Waals surface area contributed by atoms with E-state index in [2.05, 4.69) is 66.0 Å². The van der Waals surface area contributed by atoms with Crippen LogP contribution in [-0.2, 0) is 6.54 Å². The Balaban J connectivity index is 2.14. The summed E-state index contributed by atoms with van der Waals surface area (Å²) in [4.78, 5) is 4.55. The smallest absolute Gasteiger partial charge is 0.100 e. The third kappa shape index (κ3) is 2.45. The summed E-state index contributed by atoms with van der Waals surface area (Å²) in [5.74, 6) is 0. The molecule has 1 aromatic heterocycles. The zero-order valence-corrected chi connectivity index (χ0v) is 13.1. The molecule has 3 rings (SSSR count). The summed E-state index contributed by atoms with van der Waals surface area (Å²) in [6.45, 7) is 7.33. The average molecular weight is 279 g/mol. The number of fused-ring (bicyclic) bond motifs is 1. The monoisotopic (exact) mass is 279 g/mol. The van der Waals surface area contributed by atoms with Crippen molar-refractivity contribution in [3.63, 3.8) is 0 Å². The van der Waals surface area contributed by atoms with Gasteiger partial charge < -0.3 is 5.32 Å². The van der Waals surface area contributed by atoms with Crippen molar-refractivity contribution >= 4 is 11.0 Å². The minimum atomic E-state index is 0.893. The quantitative estimate of drug-likeness (QED) is 0.792. The second-order valence-electron chi connectivity index (χ2n) is 5.69. The lowest BCUT2D eigenvalue weighted by atomic mass is 10.1. The predicted octanol–water partition coefficient (Wildman–Crippen LogP) is 3.67. The van der Waals surface area contributed by atoms with Crippen molar-refractivity contribution < 1.29 is 0 Å². The van der Waals surface area contributed by atoms with Crippen molar-refractivity contribution in [2.24, 2.45) is 0 Å². The number of benzene rings is 2. The maximum absolute atomic E-state index is 4.55. The molecule has 0 saturated heterocycles. The zero-order chi connectivity index (χ0) is 15.0. The van der Waals surface area contributed by atoms with Crippen LogP contribution in [0.25, 0.3) is 16.7 Å². The van der Waals surface area contributed by atoms with Gasteiger partial charge in [0, 0.05) is 6.54 Å². The first-order valence-corrected chi connectivity index (χ1v) is 7.29. The van der Waals surface area contributed by atoms with Crippen molar-refractivity contribution in [1.29, 1.82) is 0 Å². The van der Waals surface area contributed by atoms with Gasteiger partial charge in [-0.3, -0.25) is 4.57 Å². The van der Waals surface area contributed by atoms with Crippen LogP contribution in [0.2, 0.25) is 0 Å². The highest BCUT2D eigenvalue weighted by molar-refractivity contribution is 5.79. The molecule has 21 heavy (non-hydrogen) atoms. The van der Waals surface area contributed by atoms with Crippen molar-refractivity contribution in [3.8, 4) is 5.69 Å². The van der Waals surface area contributed by atoms with E-state index in [0.29, 0.717) is 0 Å². The van der Waals surface area contributed by atoms with Gasteiger partial charge in [0.25, 0.3) is 0 Å². The minimum absolute atomic E-state index is 0.893. The largest absolute Gasteiger partial charge is 0.316 e. The summed E-state index contributed by atoms with van der Waals surface area (Å²) in [6, 6.07) is 11.0. The Morgan fingerprint density at radius 2 is 1.76 bits per heavy atom. The maximum atomic E-state index is 4.55. The standard InChI is InChI=1S/C18H21N3/c1-12-8-16-18(9-13(12)2)21(11-20-16)17-6-5-15(10-19-4)7-14(17)3/h5-9,11,19H,10H2,1-4H3. The van der Waals surface area contributed by atoms with Crippen LogP contribution in [0.4, 0.5) is 0 Å². The second-order valence-corrected chi connectivity index (χ2v) is 5.69. The molecule has 3 heteroatoms. The Morgan fingerprint density at radius 1 is 1.00 bits per heavy atom. The van der Waals surface area contributed by atoms with Crippen LogP contribution >= 0.6 is 0 Å². The zero-order valence-electron chi connectivity index (χ0n) is 13.1. The molecule has 0 saturated carbocycles. The van der Waals surface area contributed by atoms with Gasteiger partial charge in [-0.05, 0) is 68.3 Å². The van der Waals surface area contributed by atoms with E-state index >= 15 is 0 Å². The molecule has 0 atom stereocenters. The van der Waals surface area contributed by atoms with Crippen LogP contribution < -0.4 is 5.32 Å². The van der Waals surface area contributed by atoms with Crippen molar-refractivity contribution in [2.45, 2.75) is 27.3 Å². The number of nitrogens with zero attached hydrogens (tertiary/aromatic N) is 2. The van der Waals surface area contributed by atoms with Crippen LogP contribution in [0.1, 0.15) is 22.3 Å². The first kappa shape index (κ1) is 13.8. The molecule has 0 unspecified atom stereocenters. The minimum Gasteiger partial charge on any atom is -0.316 e. The fourth-order valence-electron chi connectivity index (χ4n) is 2.76. The van der Waals surface area contributed by atoms with Gasteiger partial charge in [0.2, 0.25) is 0 Å². The fourth-order valence-corrected chi connectivity index (χ4v) is 2.76. The average Bonchev–Trinajstić information content (AvgIpc) is 2.83. The highest BCUT2D eigenvalue weighted by atomic mass is 15.0. The van der Waals surface area contributed by atoms with E-state index in [0.717, 1.165) is 12.1 Å². The van der Waals surface area contributed by atoms with Crippen LogP contribution in [-0.4, -0.2) is 16.6 Å². The number of imidazole rings is 1. The molecule has 0 aliphatic rings. The van der Waals surface area contributed by atoms with Crippen LogP contribution in [0.15, 0.2) is 36.7 Å². The van der Waals surface area contributed by atoms with E-state index in [4.69, 9.17) is 0 Å². The molecule has 0 aliphatic carbocycles. The van der Waals surface area contributed by atoms with Crippen LogP contribution in [0.5, 0.6) is 0 Å². The maximum Gasteiger partial charge on any atom is 0.100 e. The Hall–Kier alpha value is -2.13. The third-order valence-electron chi connectivity index (χ3n) is 4.06. The summed E-state index contributed by atoms with van der Waals surface area (Å²) in [7, 11) is 1.97. The van der Waals surface area contributed by atoms with Gasteiger partial charge in [0.1, 0.15) is 6.33 Å². The van der Waals surface area contributed by atoms with E-state index in [9.17, 15) is 0 Å². The molecule has 3 aromatic rings. The molecule has 108 valence electrons. The summed E-state index contributed by atoms with van der Waals surface area (Å²) < 4.78 is 2.18. The van der Waals surface area contributed by atoms with Gasteiger partial charge in [0.05, 0.1) is 16.7 Å². The van der Waals surface area contributed by atoms with Crippen LogP contribution in [0, 0.1) is 20.8 Å². The summed E-state index contributed by atoms with van der Waals surface area (Å²) in [6.07, 6.45) is 1.92. The lowest BCUT2D eigenvalue weighted by molar-refractivity contribution is 0.816. The van der Waals surface area contributed by atoms with E-state index in [1.165, 1.54) is 33.5 Å². The molecule has 0 radical (unpaired) electrons. The van der Waals surface area contributed by atoms with Crippen molar-refractivity contribution in [3.05, 3.63) is 58.9 Å². The molecule has 3 nitrogen and oxygen atoms in total. The number of aryl methyl sites for hydroxylation is 3. The molecule has 1 heterocycles. The summed E-state index contributed by atoms with van der Waals surface area (Å²) >= 11 is 0. The molecular formula is C18H21N3. The Kier molecular flexibility index (Phi) is 3.52. The van der Waals surface area contributed by atoms with E-state index in [1.807, 2.05) is 13.4 Å².